The molecule has 0 aliphatic carbocycles. The molecule has 0 aliphatic heterocycles. The van der Waals surface area contributed by atoms with E-state index >= 15 is 0 Å². The van der Waals surface area contributed by atoms with Crippen LogP contribution in [0.3, 0.4) is 0 Å². The number of hydrogen-bond acceptors (Lipinski definition) is 1. The minimum atomic E-state index is 0.360. The van der Waals surface area contributed by atoms with E-state index in [1.54, 1.807) is 0 Å². The summed E-state index contributed by atoms with van der Waals surface area (Å²) in [7, 11) is 0.360. The first-order valence-electron chi connectivity index (χ1n) is 6.02. The van der Waals surface area contributed by atoms with Crippen LogP contribution >= 0.6 is 0 Å². The van der Waals surface area contributed by atoms with Crippen molar-refractivity contribution in [3.8, 4) is 0 Å². The van der Waals surface area contributed by atoms with Gasteiger partial charge in [0.2, 0.25) is 0 Å². The molecule has 0 radical (unpaired) electrons. The first-order valence-corrected chi connectivity index (χ1v) is 6.02. The Labute approximate surface area is 83.8 Å². The molecule has 0 rings (SSSR count). The Morgan fingerprint density at radius 2 is 2.08 bits per heavy atom. The first-order chi connectivity index (χ1) is 6.41. The largest absolute Gasteiger partial charge is 0.382 e. The molecule has 1 nitrogen and oxygen atoms in total. The highest BCUT2D eigenvalue weighted by atomic mass is 16.5. The SMILES string of the molecule is C=CCC[BH2-]CCCCCOCC. The van der Waals surface area contributed by atoms with Gasteiger partial charge in [-0.1, -0.05) is 25.3 Å². The third-order valence-corrected chi connectivity index (χ3v) is 2.55. The van der Waals surface area contributed by atoms with Crippen LogP contribution in [0.2, 0.25) is 12.6 Å². The van der Waals surface area contributed by atoms with Crippen molar-refractivity contribution in [2.24, 2.45) is 0 Å². The molecule has 0 bridgehead atoms. The molecule has 0 saturated heterocycles. The summed E-state index contributed by atoms with van der Waals surface area (Å²) < 4.78 is 5.28. The Balaban J connectivity index is 2.79. The summed E-state index contributed by atoms with van der Waals surface area (Å²) in [4.78, 5) is 0. The van der Waals surface area contributed by atoms with Crippen LogP contribution in [-0.2, 0) is 4.74 Å². The lowest BCUT2D eigenvalue weighted by molar-refractivity contribution is 0.143. The summed E-state index contributed by atoms with van der Waals surface area (Å²) in [6.07, 6.45) is 10.2. The van der Waals surface area contributed by atoms with Gasteiger partial charge in [-0.05, 0) is 20.6 Å². The van der Waals surface area contributed by atoms with E-state index in [0.717, 1.165) is 13.2 Å². The zero-order valence-electron chi connectivity index (χ0n) is 9.35. The second-order valence-electron chi connectivity index (χ2n) is 3.83. The monoisotopic (exact) mass is 183 g/mol. The van der Waals surface area contributed by atoms with E-state index in [-0.39, 0.29) is 0 Å². The zero-order valence-corrected chi connectivity index (χ0v) is 9.35. The van der Waals surface area contributed by atoms with Crippen LogP contribution in [0.25, 0.3) is 0 Å². The Kier molecular flexibility index (Phi) is 11.6. The molecule has 0 amide bonds. The smallest absolute Gasteiger partial charge is 0.0465 e. The predicted octanol–water partition coefficient (Wildman–Crippen LogP) is 2.77. The predicted molar refractivity (Wildman–Crippen MR) is 63.3 cm³/mol. The molecule has 0 N–H and O–H groups in total. The summed E-state index contributed by atoms with van der Waals surface area (Å²) in [6.45, 7) is 7.62. The summed E-state index contributed by atoms with van der Waals surface area (Å²) in [5.74, 6) is 0. The lowest BCUT2D eigenvalue weighted by Gasteiger charge is -2.04. The van der Waals surface area contributed by atoms with E-state index < -0.39 is 0 Å². The van der Waals surface area contributed by atoms with Crippen LogP contribution < -0.4 is 0 Å². The van der Waals surface area contributed by atoms with Gasteiger partial charge >= 0.3 is 0 Å². The van der Waals surface area contributed by atoms with Gasteiger partial charge in [-0.25, -0.2) is 0 Å². The Bertz CT molecular complexity index is 104. The molecular weight excluding hydrogens is 159 g/mol. The highest BCUT2D eigenvalue weighted by Gasteiger charge is 1.87. The number of rotatable bonds is 10. The van der Waals surface area contributed by atoms with Crippen LogP contribution in [0.15, 0.2) is 12.7 Å². The molecule has 0 unspecified atom stereocenters. The Hall–Kier alpha value is -0.235. The summed E-state index contributed by atoms with van der Waals surface area (Å²) in [5, 5.41) is 0. The fourth-order valence-corrected chi connectivity index (χ4v) is 1.68. The van der Waals surface area contributed by atoms with Crippen LogP contribution in [0.4, 0.5) is 0 Å². The van der Waals surface area contributed by atoms with Gasteiger partial charge in [-0.2, -0.15) is 12.6 Å². The zero-order chi connectivity index (χ0) is 9.78. The van der Waals surface area contributed by atoms with Crippen molar-refractivity contribution in [3.63, 3.8) is 0 Å². The fraction of sp³-hybridized carbons (Fsp3) is 0.818. The van der Waals surface area contributed by atoms with E-state index in [1.807, 2.05) is 6.08 Å². The van der Waals surface area contributed by atoms with Gasteiger partial charge in [0.15, 0.2) is 0 Å². The minimum Gasteiger partial charge on any atom is -0.382 e. The van der Waals surface area contributed by atoms with Gasteiger partial charge in [0.05, 0.1) is 0 Å². The molecule has 0 heterocycles. The third kappa shape index (κ3) is 11.8. The van der Waals surface area contributed by atoms with E-state index in [0.29, 0.717) is 7.28 Å². The average Bonchev–Trinajstić information content (AvgIpc) is 2.16. The first kappa shape index (κ1) is 12.8. The van der Waals surface area contributed by atoms with Gasteiger partial charge in [0, 0.05) is 13.2 Å². The molecule has 0 aliphatic rings. The quantitative estimate of drug-likeness (QED) is 0.287. The summed E-state index contributed by atoms with van der Waals surface area (Å²) in [5.41, 5.74) is 0. The third-order valence-electron chi connectivity index (χ3n) is 2.55. The van der Waals surface area contributed by atoms with E-state index in [1.165, 1.54) is 38.3 Å². The van der Waals surface area contributed by atoms with E-state index in [4.69, 9.17) is 4.74 Å². The number of unbranched alkanes of at least 4 members (excludes halogenated alkanes) is 2. The minimum absolute atomic E-state index is 0.360. The van der Waals surface area contributed by atoms with Gasteiger partial charge < -0.3 is 4.74 Å². The van der Waals surface area contributed by atoms with Crippen molar-refractivity contribution in [3.05, 3.63) is 12.7 Å². The molecule has 0 aromatic heterocycles. The Morgan fingerprint density at radius 3 is 2.77 bits per heavy atom. The van der Waals surface area contributed by atoms with Crippen molar-refractivity contribution in [2.45, 2.75) is 45.2 Å². The molecule has 13 heavy (non-hydrogen) atoms. The molecular formula is C11H24BO-. The standard InChI is InChI=1S/C11H24BO/c1-3-5-9-12-10-7-6-8-11-13-4-2/h3H,1,4-12H2,2H3/q-1. The molecule has 78 valence electrons. The van der Waals surface area contributed by atoms with Crippen molar-refractivity contribution >= 4 is 7.28 Å². The maximum Gasteiger partial charge on any atom is 0.0465 e. The average molecular weight is 183 g/mol. The van der Waals surface area contributed by atoms with Crippen LogP contribution in [-0.4, -0.2) is 20.5 Å². The fourth-order valence-electron chi connectivity index (χ4n) is 1.68. The van der Waals surface area contributed by atoms with Gasteiger partial charge in [-0.3, -0.25) is 0 Å². The van der Waals surface area contributed by atoms with Crippen molar-refractivity contribution in [2.75, 3.05) is 13.2 Å². The highest BCUT2D eigenvalue weighted by molar-refractivity contribution is 6.35. The maximum atomic E-state index is 5.28. The van der Waals surface area contributed by atoms with Gasteiger partial charge in [-0.15, -0.1) is 6.58 Å². The van der Waals surface area contributed by atoms with Crippen LogP contribution in [0, 0.1) is 0 Å². The summed E-state index contributed by atoms with van der Waals surface area (Å²) >= 11 is 0. The van der Waals surface area contributed by atoms with E-state index in [2.05, 4.69) is 13.5 Å². The lowest BCUT2D eigenvalue weighted by Crippen LogP contribution is -1.94. The molecule has 0 fully saturated rings. The van der Waals surface area contributed by atoms with Gasteiger partial charge in [0.1, 0.15) is 0 Å². The molecule has 0 atom stereocenters. The number of allylic oxidation sites excluding steroid dienone is 1. The van der Waals surface area contributed by atoms with Crippen molar-refractivity contribution in [1.29, 1.82) is 0 Å². The summed E-state index contributed by atoms with van der Waals surface area (Å²) in [6, 6.07) is 0. The normalized spacial score (nSPS) is 10.2. The molecule has 0 spiro atoms. The Morgan fingerprint density at radius 1 is 1.23 bits per heavy atom. The van der Waals surface area contributed by atoms with Crippen molar-refractivity contribution in [1.82, 2.24) is 0 Å². The van der Waals surface area contributed by atoms with Crippen LogP contribution in [0.5, 0.6) is 0 Å². The number of ether oxygens (including phenoxy) is 1. The van der Waals surface area contributed by atoms with E-state index in [9.17, 15) is 0 Å². The van der Waals surface area contributed by atoms with Crippen molar-refractivity contribution < 1.29 is 4.74 Å². The maximum absolute atomic E-state index is 5.28. The van der Waals surface area contributed by atoms with Crippen LogP contribution in [0.1, 0.15) is 32.6 Å². The topological polar surface area (TPSA) is 9.23 Å². The lowest BCUT2D eigenvalue weighted by atomic mass is 9.69. The second kappa shape index (κ2) is 11.8. The molecule has 0 saturated carbocycles. The highest BCUT2D eigenvalue weighted by Crippen LogP contribution is 2.02. The molecule has 2 heteroatoms. The number of hydrogen-bond donors (Lipinski definition) is 0. The molecule has 0 aromatic carbocycles. The second-order valence-corrected chi connectivity index (χ2v) is 3.83. The van der Waals surface area contributed by atoms with Gasteiger partial charge in [0.25, 0.3) is 0 Å². The molecule has 0 aromatic rings.